The van der Waals surface area contributed by atoms with Gasteiger partial charge in [0.25, 0.3) is 0 Å². The van der Waals surface area contributed by atoms with Crippen molar-refractivity contribution in [1.29, 1.82) is 0 Å². The Balaban J connectivity index is 1.14. The zero-order valence-electron chi connectivity index (χ0n) is 24.0. The molecule has 2 fully saturated rings. The van der Waals surface area contributed by atoms with Crippen LogP contribution >= 0.6 is 0 Å². The Kier molecular flexibility index (Phi) is 8.08. The molecule has 6 rings (SSSR count). The summed E-state index contributed by atoms with van der Waals surface area (Å²) in [5.74, 6) is 1.66. The van der Waals surface area contributed by atoms with E-state index in [0.717, 1.165) is 72.8 Å². The van der Waals surface area contributed by atoms with Gasteiger partial charge >= 0.3 is 6.09 Å². The molecule has 2 aromatic heterocycles. The monoisotopic (exact) mass is 571 g/mol. The smallest absolute Gasteiger partial charge is 0.404 e. The lowest BCUT2D eigenvalue weighted by Gasteiger charge is -2.30. The van der Waals surface area contributed by atoms with Gasteiger partial charge in [0.15, 0.2) is 0 Å². The van der Waals surface area contributed by atoms with Gasteiger partial charge in [0.2, 0.25) is 0 Å². The van der Waals surface area contributed by atoms with Crippen LogP contribution in [0.3, 0.4) is 0 Å². The van der Waals surface area contributed by atoms with Gasteiger partial charge < -0.3 is 25.7 Å². The highest BCUT2D eigenvalue weighted by Crippen LogP contribution is 2.33. The number of nitrogens with one attached hydrogen (secondary N) is 4. The Hall–Kier alpha value is -4.02. The van der Waals surface area contributed by atoms with Crippen LogP contribution in [0.25, 0.3) is 33.6 Å². The molecule has 220 valence electrons. The van der Waals surface area contributed by atoms with Crippen molar-refractivity contribution >= 4 is 6.09 Å². The normalized spacial score (nSPS) is 19.9. The minimum atomic E-state index is -0.990. The number of halogens is 1. The van der Waals surface area contributed by atoms with Crippen LogP contribution in [0, 0.1) is 11.7 Å². The first kappa shape index (κ1) is 28.1. The molecule has 0 saturated carbocycles. The number of H-pyrrole nitrogens is 2. The van der Waals surface area contributed by atoms with Crippen molar-refractivity contribution in [1.82, 2.24) is 35.5 Å². The van der Waals surface area contributed by atoms with Crippen molar-refractivity contribution in [3.63, 3.8) is 0 Å². The molecule has 0 aliphatic carbocycles. The first-order valence-electron chi connectivity index (χ1n) is 14.8. The molecule has 2 aliphatic heterocycles. The van der Waals surface area contributed by atoms with Crippen LogP contribution in [0.15, 0.2) is 54.9 Å². The molecule has 4 heterocycles. The van der Waals surface area contributed by atoms with Gasteiger partial charge in [0.1, 0.15) is 17.5 Å². The molecule has 0 radical (unpaired) electrons. The van der Waals surface area contributed by atoms with E-state index in [0.29, 0.717) is 17.8 Å². The highest BCUT2D eigenvalue weighted by Gasteiger charge is 2.31. The molecule has 42 heavy (non-hydrogen) atoms. The van der Waals surface area contributed by atoms with E-state index in [9.17, 15) is 9.90 Å². The van der Waals surface area contributed by atoms with Gasteiger partial charge in [0, 0.05) is 18.2 Å². The number of carboxylic acid groups (broad SMARTS) is 1. The van der Waals surface area contributed by atoms with Crippen molar-refractivity contribution < 1.29 is 14.3 Å². The molecule has 2 aliphatic rings. The number of likely N-dealkylation sites (tertiary alicyclic amines) is 1. The topological polar surface area (TPSA) is 122 Å². The second kappa shape index (κ2) is 12.1. The Bertz CT molecular complexity index is 1520. The molecule has 2 aromatic carbocycles. The average molecular weight is 572 g/mol. The number of carbonyl (C=O) groups is 1. The largest absolute Gasteiger partial charge is 0.465 e. The van der Waals surface area contributed by atoms with Crippen molar-refractivity contribution in [2.24, 2.45) is 5.92 Å². The van der Waals surface area contributed by atoms with Gasteiger partial charge in [-0.25, -0.2) is 19.2 Å². The van der Waals surface area contributed by atoms with Gasteiger partial charge in [0.05, 0.1) is 35.9 Å². The molecule has 0 spiro atoms. The number of aromatic nitrogens is 4. The van der Waals surface area contributed by atoms with Crippen molar-refractivity contribution in [2.75, 3.05) is 19.6 Å². The number of benzene rings is 2. The molecule has 4 aromatic rings. The summed E-state index contributed by atoms with van der Waals surface area (Å²) in [6.07, 6.45) is 6.75. The van der Waals surface area contributed by atoms with E-state index in [4.69, 9.17) is 4.98 Å². The highest BCUT2D eigenvalue weighted by molar-refractivity contribution is 5.72. The third-order valence-electron chi connectivity index (χ3n) is 8.59. The summed E-state index contributed by atoms with van der Waals surface area (Å²) in [7, 11) is 0. The highest BCUT2D eigenvalue weighted by atomic mass is 19.1. The fraction of sp³-hybridized carbons (Fsp3) is 0.406. The Morgan fingerprint density at radius 2 is 1.71 bits per heavy atom. The van der Waals surface area contributed by atoms with Gasteiger partial charge in [-0.15, -0.1) is 0 Å². The number of rotatable bonds is 9. The molecular weight excluding hydrogens is 533 g/mol. The van der Waals surface area contributed by atoms with Gasteiger partial charge in [-0.3, -0.25) is 4.90 Å². The second-order valence-corrected chi connectivity index (χ2v) is 11.7. The van der Waals surface area contributed by atoms with Crippen molar-refractivity contribution in [3.8, 4) is 33.6 Å². The van der Waals surface area contributed by atoms with E-state index >= 15 is 4.39 Å². The molecule has 5 N–H and O–H groups in total. The lowest BCUT2D eigenvalue weighted by atomic mass is 10.0. The molecular formula is C32H38FN7O2. The molecule has 3 atom stereocenters. The summed E-state index contributed by atoms with van der Waals surface area (Å²) in [5.41, 5.74) is 4.85. The standard InChI is InChI=1S/C32H38FN7O2/c1-19(2)28(39-32(41)42)18-40-14-4-6-29(40)31-36-16-26(37-31)21-9-7-20(8-10-21)22-11-12-23(24(33)15-22)27-17-35-30(38-27)25-5-3-13-34-25/h7-12,15-17,19,25,28-29,34,39H,3-6,13-14,18H2,1-2H3,(H,35,38)(H,36,37)(H,41,42)/t25-,28+,29-/m0/s1. The summed E-state index contributed by atoms with van der Waals surface area (Å²) in [4.78, 5) is 29.6. The van der Waals surface area contributed by atoms with E-state index in [1.54, 1.807) is 12.3 Å². The minimum absolute atomic E-state index is 0.122. The molecule has 0 unspecified atom stereocenters. The number of nitrogens with zero attached hydrogens (tertiary/aromatic N) is 3. The fourth-order valence-electron chi connectivity index (χ4n) is 6.17. The third-order valence-corrected chi connectivity index (χ3v) is 8.59. The van der Waals surface area contributed by atoms with E-state index in [-0.39, 0.29) is 29.9 Å². The maximum Gasteiger partial charge on any atom is 0.404 e. The summed E-state index contributed by atoms with van der Waals surface area (Å²) < 4.78 is 15.2. The summed E-state index contributed by atoms with van der Waals surface area (Å²) in [6.45, 7) is 6.61. The Labute approximate surface area is 245 Å². The van der Waals surface area contributed by atoms with Gasteiger partial charge in [-0.1, -0.05) is 44.2 Å². The predicted octanol–water partition coefficient (Wildman–Crippen LogP) is 6.13. The number of hydrogen-bond donors (Lipinski definition) is 5. The minimum Gasteiger partial charge on any atom is -0.465 e. The van der Waals surface area contributed by atoms with Crippen molar-refractivity contribution in [2.45, 2.75) is 57.7 Å². The summed E-state index contributed by atoms with van der Waals surface area (Å²) in [5, 5.41) is 15.3. The van der Waals surface area contributed by atoms with Crippen LogP contribution in [0.4, 0.5) is 9.18 Å². The summed E-state index contributed by atoms with van der Waals surface area (Å²) in [6, 6.07) is 13.5. The van der Waals surface area contributed by atoms with Crippen LogP contribution in [-0.2, 0) is 0 Å². The van der Waals surface area contributed by atoms with Gasteiger partial charge in [-0.05, 0) is 73.5 Å². The van der Waals surface area contributed by atoms with E-state index in [1.165, 1.54) is 0 Å². The van der Waals surface area contributed by atoms with Crippen LogP contribution in [0.1, 0.15) is 63.3 Å². The zero-order chi connectivity index (χ0) is 29.2. The molecule has 0 bridgehead atoms. The molecule has 1 amide bonds. The van der Waals surface area contributed by atoms with Gasteiger partial charge in [-0.2, -0.15) is 0 Å². The third kappa shape index (κ3) is 5.96. The lowest BCUT2D eigenvalue weighted by Crippen LogP contribution is -2.46. The number of aromatic amines is 2. The van der Waals surface area contributed by atoms with E-state index in [2.05, 4.69) is 30.5 Å². The lowest BCUT2D eigenvalue weighted by molar-refractivity contribution is 0.166. The zero-order valence-corrected chi connectivity index (χ0v) is 24.0. The maximum absolute atomic E-state index is 15.2. The average Bonchev–Trinajstić information content (AvgIpc) is 3.79. The van der Waals surface area contributed by atoms with E-state index in [1.807, 2.05) is 56.4 Å². The number of amides is 1. The van der Waals surface area contributed by atoms with Crippen LogP contribution in [0.5, 0.6) is 0 Å². The van der Waals surface area contributed by atoms with Crippen LogP contribution in [-0.4, -0.2) is 61.7 Å². The number of hydrogen-bond acceptors (Lipinski definition) is 5. The number of imidazole rings is 2. The van der Waals surface area contributed by atoms with E-state index < -0.39 is 6.09 Å². The Morgan fingerprint density at radius 1 is 1.00 bits per heavy atom. The molecule has 2 saturated heterocycles. The van der Waals surface area contributed by atoms with Crippen LogP contribution in [0.2, 0.25) is 0 Å². The van der Waals surface area contributed by atoms with Crippen LogP contribution < -0.4 is 10.6 Å². The fourth-order valence-corrected chi connectivity index (χ4v) is 6.17. The second-order valence-electron chi connectivity index (χ2n) is 11.7. The maximum atomic E-state index is 15.2. The molecule has 10 heteroatoms. The quantitative estimate of drug-likeness (QED) is 0.165. The van der Waals surface area contributed by atoms with Crippen molar-refractivity contribution in [3.05, 3.63) is 72.3 Å². The Morgan fingerprint density at radius 3 is 2.43 bits per heavy atom. The summed E-state index contributed by atoms with van der Waals surface area (Å²) >= 11 is 0. The molecule has 9 nitrogen and oxygen atoms in total. The first-order chi connectivity index (χ1) is 20.4. The SMILES string of the molecule is CC(C)[C@@H](CN1CCC[C@H]1c1ncc(-c2ccc(-c3ccc(-c4cnc([C@@H]5CCCN5)[nH]4)c(F)c3)cc2)[nH]1)NC(=O)O. The predicted molar refractivity (Wildman–Crippen MR) is 160 cm³/mol. The first-order valence-corrected chi connectivity index (χ1v) is 14.8.